The van der Waals surface area contributed by atoms with Gasteiger partial charge < -0.3 is 20.7 Å². The van der Waals surface area contributed by atoms with Gasteiger partial charge in [0, 0.05) is 45.3 Å². The molecule has 0 spiro atoms. The van der Waals surface area contributed by atoms with E-state index in [4.69, 9.17) is 4.74 Å². The standard InChI is InChI=1S/C18H36N4O2/c1-3-5-14-24-15-8-12-20-18(19-4-2)21-13-11-17(23)22-16-9-6-7-10-16/h16H,3-15H2,1-2H3,(H,22,23)(H2,19,20,21). The average molecular weight is 341 g/mol. The van der Waals surface area contributed by atoms with Gasteiger partial charge >= 0.3 is 0 Å². The van der Waals surface area contributed by atoms with Crippen LogP contribution in [-0.2, 0) is 9.53 Å². The van der Waals surface area contributed by atoms with E-state index in [1.165, 1.54) is 19.3 Å². The highest BCUT2D eigenvalue weighted by Crippen LogP contribution is 2.17. The average Bonchev–Trinajstić information content (AvgIpc) is 3.06. The lowest BCUT2D eigenvalue weighted by Gasteiger charge is -2.13. The fraction of sp³-hybridized carbons (Fsp3) is 0.889. The van der Waals surface area contributed by atoms with Gasteiger partial charge in [-0.25, -0.2) is 0 Å². The van der Waals surface area contributed by atoms with Gasteiger partial charge in [0.25, 0.3) is 0 Å². The monoisotopic (exact) mass is 340 g/mol. The molecular formula is C18H36N4O2. The Morgan fingerprint density at radius 3 is 2.58 bits per heavy atom. The summed E-state index contributed by atoms with van der Waals surface area (Å²) in [5.74, 6) is 0.911. The molecule has 1 rings (SSSR count). The van der Waals surface area contributed by atoms with Crippen LogP contribution in [0.4, 0.5) is 0 Å². The molecule has 6 nitrogen and oxygen atoms in total. The number of carbonyl (C=O) groups excluding carboxylic acids is 1. The van der Waals surface area contributed by atoms with Crippen molar-refractivity contribution in [1.82, 2.24) is 16.0 Å². The van der Waals surface area contributed by atoms with E-state index in [1.54, 1.807) is 0 Å². The fourth-order valence-electron chi connectivity index (χ4n) is 2.71. The van der Waals surface area contributed by atoms with Crippen molar-refractivity contribution in [3.8, 4) is 0 Å². The molecule has 1 amide bonds. The third kappa shape index (κ3) is 10.5. The number of aliphatic imine (C=N–C) groups is 1. The van der Waals surface area contributed by atoms with Crippen LogP contribution in [0.5, 0.6) is 0 Å². The molecule has 0 heterocycles. The van der Waals surface area contributed by atoms with E-state index in [0.717, 1.165) is 57.9 Å². The molecule has 0 atom stereocenters. The number of amides is 1. The van der Waals surface area contributed by atoms with Gasteiger partial charge in [-0.3, -0.25) is 9.79 Å². The third-order valence-electron chi connectivity index (χ3n) is 4.07. The predicted octanol–water partition coefficient (Wildman–Crippen LogP) is 2.20. The number of unbranched alkanes of at least 4 members (excludes halogenated alkanes) is 1. The second-order valence-electron chi connectivity index (χ2n) is 6.31. The van der Waals surface area contributed by atoms with Gasteiger partial charge in [-0.2, -0.15) is 0 Å². The van der Waals surface area contributed by atoms with Gasteiger partial charge in [-0.15, -0.1) is 0 Å². The molecule has 0 aromatic carbocycles. The summed E-state index contributed by atoms with van der Waals surface area (Å²) in [7, 11) is 0. The summed E-state index contributed by atoms with van der Waals surface area (Å²) in [5.41, 5.74) is 0. The molecule has 0 unspecified atom stereocenters. The summed E-state index contributed by atoms with van der Waals surface area (Å²) < 4.78 is 5.53. The number of hydrogen-bond acceptors (Lipinski definition) is 3. The first-order valence-corrected chi connectivity index (χ1v) is 9.65. The van der Waals surface area contributed by atoms with Crippen molar-refractivity contribution in [3.63, 3.8) is 0 Å². The van der Waals surface area contributed by atoms with E-state index in [0.29, 0.717) is 19.0 Å². The first-order valence-electron chi connectivity index (χ1n) is 9.65. The largest absolute Gasteiger partial charge is 0.381 e. The molecule has 0 aromatic heterocycles. The van der Waals surface area contributed by atoms with Crippen molar-refractivity contribution in [1.29, 1.82) is 0 Å². The van der Waals surface area contributed by atoms with Crippen LogP contribution in [0.2, 0.25) is 0 Å². The summed E-state index contributed by atoms with van der Waals surface area (Å²) in [4.78, 5) is 16.4. The van der Waals surface area contributed by atoms with Crippen LogP contribution >= 0.6 is 0 Å². The van der Waals surface area contributed by atoms with Crippen LogP contribution in [0.3, 0.4) is 0 Å². The van der Waals surface area contributed by atoms with E-state index in [1.807, 2.05) is 6.92 Å². The SMILES string of the molecule is CCCCOCCCN=C(NCC)NCCC(=O)NC1CCCC1. The maximum atomic E-state index is 11.9. The van der Waals surface area contributed by atoms with E-state index < -0.39 is 0 Å². The first kappa shape index (κ1) is 20.7. The Labute approximate surface area is 147 Å². The van der Waals surface area contributed by atoms with E-state index in [2.05, 4.69) is 27.9 Å². The number of guanidine groups is 1. The fourth-order valence-corrected chi connectivity index (χ4v) is 2.71. The van der Waals surface area contributed by atoms with Crippen molar-refractivity contribution in [2.45, 2.75) is 71.3 Å². The Hall–Kier alpha value is -1.30. The molecule has 140 valence electrons. The Bertz CT molecular complexity index is 355. The quantitative estimate of drug-likeness (QED) is 0.289. The number of ether oxygens (including phenoxy) is 1. The highest BCUT2D eigenvalue weighted by molar-refractivity contribution is 5.81. The Kier molecular flexibility index (Phi) is 12.2. The number of nitrogens with one attached hydrogen (secondary N) is 3. The van der Waals surface area contributed by atoms with Crippen molar-refractivity contribution in [2.75, 3.05) is 32.8 Å². The molecule has 24 heavy (non-hydrogen) atoms. The van der Waals surface area contributed by atoms with Crippen LogP contribution in [0.15, 0.2) is 4.99 Å². The highest BCUT2D eigenvalue weighted by atomic mass is 16.5. The Balaban J connectivity index is 2.12. The molecule has 1 aliphatic rings. The zero-order valence-electron chi connectivity index (χ0n) is 15.5. The summed E-state index contributed by atoms with van der Waals surface area (Å²) >= 11 is 0. The lowest BCUT2D eigenvalue weighted by atomic mass is 10.2. The van der Waals surface area contributed by atoms with Crippen LogP contribution in [0.25, 0.3) is 0 Å². The highest BCUT2D eigenvalue weighted by Gasteiger charge is 2.16. The summed E-state index contributed by atoms with van der Waals surface area (Å²) in [6.45, 7) is 7.95. The third-order valence-corrected chi connectivity index (χ3v) is 4.07. The van der Waals surface area contributed by atoms with Crippen molar-refractivity contribution < 1.29 is 9.53 Å². The van der Waals surface area contributed by atoms with Crippen LogP contribution in [0, 0.1) is 0 Å². The lowest BCUT2D eigenvalue weighted by molar-refractivity contribution is -0.121. The first-order chi connectivity index (χ1) is 11.8. The minimum Gasteiger partial charge on any atom is -0.381 e. The lowest BCUT2D eigenvalue weighted by Crippen LogP contribution is -2.40. The second-order valence-corrected chi connectivity index (χ2v) is 6.31. The number of nitrogens with zero attached hydrogens (tertiary/aromatic N) is 1. The molecule has 0 radical (unpaired) electrons. The summed E-state index contributed by atoms with van der Waals surface area (Å²) in [5, 5.41) is 9.54. The van der Waals surface area contributed by atoms with Gasteiger partial charge in [0.05, 0.1) is 0 Å². The maximum Gasteiger partial charge on any atom is 0.221 e. The second kappa shape index (κ2) is 14.1. The topological polar surface area (TPSA) is 74.8 Å². The Morgan fingerprint density at radius 1 is 1.12 bits per heavy atom. The van der Waals surface area contributed by atoms with Gasteiger partial charge in [0.1, 0.15) is 0 Å². The Morgan fingerprint density at radius 2 is 1.88 bits per heavy atom. The normalized spacial score (nSPS) is 15.5. The molecular weight excluding hydrogens is 304 g/mol. The van der Waals surface area contributed by atoms with E-state index in [9.17, 15) is 4.79 Å². The molecule has 3 N–H and O–H groups in total. The molecule has 1 aliphatic carbocycles. The molecule has 6 heteroatoms. The maximum absolute atomic E-state index is 11.9. The van der Waals surface area contributed by atoms with E-state index in [-0.39, 0.29) is 5.91 Å². The van der Waals surface area contributed by atoms with Crippen molar-refractivity contribution in [3.05, 3.63) is 0 Å². The summed E-state index contributed by atoms with van der Waals surface area (Å²) in [6.07, 6.45) is 8.43. The number of carbonyl (C=O) groups is 1. The van der Waals surface area contributed by atoms with Gasteiger partial charge in [0.2, 0.25) is 5.91 Å². The van der Waals surface area contributed by atoms with Gasteiger partial charge in [0.15, 0.2) is 5.96 Å². The molecule has 1 saturated carbocycles. The molecule has 0 saturated heterocycles. The molecule has 1 fully saturated rings. The smallest absolute Gasteiger partial charge is 0.221 e. The van der Waals surface area contributed by atoms with Crippen molar-refractivity contribution >= 4 is 11.9 Å². The zero-order valence-corrected chi connectivity index (χ0v) is 15.5. The minimum atomic E-state index is 0.134. The number of hydrogen-bond donors (Lipinski definition) is 3. The van der Waals surface area contributed by atoms with Crippen LogP contribution in [-0.4, -0.2) is 50.8 Å². The zero-order chi connectivity index (χ0) is 17.5. The minimum absolute atomic E-state index is 0.134. The molecule has 0 bridgehead atoms. The van der Waals surface area contributed by atoms with Crippen LogP contribution < -0.4 is 16.0 Å². The van der Waals surface area contributed by atoms with Gasteiger partial charge in [-0.1, -0.05) is 26.2 Å². The van der Waals surface area contributed by atoms with Gasteiger partial charge in [-0.05, 0) is 32.6 Å². The molecule has 0 aromatic rings. The molecule has 0 aliphatic heterocycles. The van der Waals surface area contributed by atoms with Crippen LogP contribution in [0.1, 0.15) is 65.2 Å². The predicted molar refractivity (Wildman–Crippen MR) is 99.3 cm³/mol. The number of rotatable bonds is 12. The van der Waals surface area contributed by atoms with Crippen molar-refractivity contribution in [2.24, 2.45) is 4.99 Å². The summed E-state index contributed by atoms with van der Waals surface area (Å²) in [6, 6.07) is 0.395. The van der Waals surface area contributed by atoms with E-state index >= 15 is 0 Å².